The average molecular weight is 271 g/mol. The van der Waals surface area contributed by atoms with E-state index in [9.17, 15) is 0 Å². The molecular formula is C12H19BrN2. The molecule has 15 heavy (non-hydrogen) atoms. The zero-order valence-electron chi connectivity index (χ0n) is 9.32. The van der Waals surface area contributed by atoms with Crippen molar-refractivity contribution in [3.63, 3.8) is 0 Å². The Morgan fingerprint density at radius 3 is 3.07 bits per heavy atom. The van der Waals surface area contributed by atoms with Gasteiger partial charge >= 0.3 is 0 Å². The second kappa shape index (κ2) is 5.17. The standard InChI is InChI=1S/C12H19BrN2/c1-14-7-3-5-12(14)6-9-15-8-2-4-11(13)10-15/h2,4,10,12H,3,5-9H2,1H3. The second-order valence-electron chi connectivity index (χ2n) is 4.48. The van der Waals surface area contributed by atoms with Gasteiger partial charge in [-0.15, -0.1) is 0 Å². The first-order valence-corrected chi connectivity index (χ1v) is 6.53. The van der Waals surface area contributed by atoms with Crippen LogP contribution in [0.25, 0.3) is 0 Å². The zero-order chi connectivity index (χ0) is 10.7. The molecule has 0 aromatic carbocycles. The molecule has 0 aliphatic carbocycles. The fourth-order valence-corrected chi connectivity index (χ4v) is 2.86. The van der Waals surface area contributed by atoms with E-state index in [0.717, 1.165) is 12.6 Å². The molecule has 84 valence electrons. The van der Waals surface area contributed by atoms with E-state index in [1.807, 2.05) is 0 Å². The minimum atomic E-state index is 0.808. The average Bonchev–Trinajstić information content (AvgIpc) is 2.61. The van der Waals surface area contributed by atoms with E-state index < -0.39 is 0 Å². The monoisotopic (exact) mass is 270 g/mol. The van der Waals surface area contributed by atoms with Crippen molar-refractivity contribution in [3.05, 3.63) is 22.8 Å². The lowest BCUT2D eigenvalue weighted by molar-refractivity contribution is 0.267. The van der Waals surface area contributed by atoms with Gasteiger partial charge in [0.05, 0.1) is 0 Å². The van der Waals surface area contributed by atoms with Crippen LogP contribution in [0.2, 0.25) is 0 Å². The van der Waals surface area contributed by atoms with Crippen LogP contribution < -0.4 is 0 Å². The SMILES string of the molecule is CN1CCCC1CCN1C=C(Br)C=CC1. The lowest BCUT2D eigenvalue weighted by Gasteiger charge is -2.26. The van der Waals surface area contributed by atoms with Gasteiger partial charge in [-0.2, -0.15) is 0 Å². The summed E-state index contributed by atoms with van der Waals surface area (Å²) in [7, 11) is 2.25. The van der Waals surface area contributed by atoms with Gasteiger partial charge in [0.1, 0.15) is 0 Å². The number of hydrogen-bond donors (Lipinski definition) is 0. The normalized spacial score (nSPS) is 27.2. The summed E-state index contributed by atoms with van der Waals surface area (Å²) in [6.07, 6.45) is 10.6. The molecule has 1 saturated heterocycles. The minimum absolute atomic E-state index is 0.808. The lowest BCUT2D eigenvalue weighted by Crippen LogP contribution is -2.30. The first-order valence-electron chi connectivity index (χ1n) is 5.74. The molecule has 1 unspecified atom stereocenters. The van der Waals surface area contributed by atoms with Gasteiger partial charge in [0, 0.05) is 29.8 Å². The first kappa shape index (κ1) is 11.2. The second-order valence-corrected chi connectivity index (χ2v) is 5.39. The van der Waals surface area contributed by atoms with Gasteiger partial charge in [0.15, 0.2) is 0 Å². The Morgan fingerprint density at radius 2 is 2.40 bits per heavy atom. The zero-order valence-corrected chi connectivity index (χ0v) is 10.9. The lowest BCUT2D eigenvalue weighted by atomic mass is 10.1. The van der Waals surface area contributed by atoms with Crippen LogP contribution in [0.3, 0.4) is 0 Å². The van der Waals surface area contributed by atoms with Crippen LogP contribution >= 0.6 is 15.9 Å². The summed E-state index contributed by atoms with van der Waals surface area (Å²) in [5.41, 5.74) is 0. The molecule has 2 heterocycles. The van der Waals surface area contributed by atoms with Gasteiger partial charge in [0.25, 0.3) is 0 Å². The minimum Gasteiger partial charge on any atom is -0.373 e. The molecule has 0 aromatic rings. The molecule has 0 bridgehead atoms. The Hall–Kier alpha value is -0.280. The summed E-state index contributed by atoms with van der Waals surface area (Å²) < 4.78 is 1.19. The highest BCUT2D eigenvalue weighted by molar-refractivity contribution is 9.11. The van der Waals surface area contributed by atoms with Crippen LogP contribution in [0.1, 0.15) is 19.3 Å². The Bertz CT molecular complexity index is 273. The first-order chi connectivity index (χ1) is 7.25. The third kappa shape index (κ3) is 3.08. The summed E-state index contributed by atoms with van der Waals surface area (Å²) in [5.74, 6) is 0. The predicted molar refractivity (Wildman–Crippen MR) is 68.0 cm³/mol. The van der Waals surface area contributed by atoms with Gasteiger partial charge in [-0.1, -0.05) is 6.08 Å². The fourth-order valence-electron chi connectivity index (χ4n) is 2.39. The van der Waals surface area contributed by atoms with Crippen molar-refractivity contribution in [2.75, 3.05) is 26.7 Å². The van der Waals surface area contributed by atoms with Crippen molar-refractivity contribution in [3.8, 4) is 0 Å². The highest BCUT2D eigenvalue weighted by Gasteiger charge is 2.20. The smallest absolute Gasteiger partial charge is 0.0357 e. The largest absolute Gasteiger partial charge is 0.373 e. The summed E-state index contributed by atoms with van der Waals surface area (Å²) >= 11 is 3.52. The van der Waals surface area contributed by atoms with Crippen molar-refractivity contribution < 1.29 is 0 Å². The number of rotatable bonds is 3. The van der Waals surface area contributed by atoms with Crippen LogP contribution in [0, 0.1) is 0 Å². The van der Waals surface area contributed by atoms with Crippen molar-refractivity contribution in [1.82, 2.24) is 9.80 Å². The van der Waals surface area contributed by atoms with Crippen LogP contribution in [0.4, 0.5) is 0 Å². The summed E-state index contributed by atoms with van der Waals surface area (Å²) in [4.78, 5) is 4.88. The third-order valence-corrected chi connectivity index (χ3v) is 3.81. The summed E-state index contributed by atoms with van der Waals surface area (Å²) in [5, 5.41) is 0. The molecule has 1 fully saturated rings. The molecule has 3 heteroatoms. The fraction of sp³-hybridized carbons (Fsp3) is 0.667. The number of halogens is 1. The Labute approximate surface area is 101 Å². The quantitative estimate of drug-likeness (QED) is 0.778. The van der Waals surface area contributed by atoms with Crippen LogP contribution in [0.15, 0.2) is 22.8 Å². The molecule has 1 atom stereocenters. The van der Waals surface area contributed by atoms with Crippen LogP contribution in [-0.4, -0.2) is 42.5 Å². The van der Waals surface area contributed by atoms with E-state index in [0.29, 0.717) is 0 Å². The number of nitrogens with zero attached hydrogens (tertiary/aromatic N) is 2. The molecule has 0 N–H and O–H groups in total. The van der Waals surface area contributed by atoms with Crippen molar-refractivity contribution >= 4 is 15.9 Å². The van der Waals surface area contributed by atoms with E-state index in [4.69, 9.17) is 0 Å². The molecule has 0 saturated carbocycles. The van der Waals surface area contributed by atoms with Crippen molar-refractivity contribution in [1.29, 1.82) is 0 Å². The maximum absolute atomic E-state index is 3.52. The Kier molecular flexibility index (Phi) is 3.87. The molecular weight excluding hydrogens is 252 g/mol. The van der Waals surface area contributed by atoms with Crippen molar-refractivity contribution in [2.24, 2.45) is 0 Å². The molecule has 0 spiro atoms. The number of hydrogen-bond acceptors (Lipinski definition) is 2. The molecule has 2 aliphatic rings. The third-order valence-electron chi connectivity index (χ3n) is 3.34. The van der Waals surface area contributed by atoms with Crippen LogP contribution in [-0.2, 0) is 0 Å². The van der Waals surface area contributed by atoms with Gasteiger partial charge < -0.3 is 9.80 Å². The van der Waals surface area contributed by atoms with Gasteiger partial charge in [-0.25, -0.2) is 0 Å². The van der Waals surface area contributed by atoms with Crippen LogP contribution in [0.5, 0.6) is 0 Å². The van der Waals surface area contributed by atoms with Gasteiger partial charge in [-0.3, -0.25) is 0 Å². The molecule has 2 aliphatic heterocycles. The maximum atomic E-state index is 3.52. The van der Waals surface area contributed by atoms with E-state index in [2.05, 4.69) is 51.1 Å². The molecule has 0 amide bonds. The maximum Gasteiger partial charge on any atom is 0.0357 e. The topological polar surface area (TPSA) is 6.48 Å². The molecule has 2 nitrogen and oxygen atoms in total. The molecule has 2 rings (SSSR count). The molecule has 0 radical (unpaired) electrons. The molecule has 0 aromatic heterocycles. The number of allylic oxidation sites excluding steroid dienone is 2. The summed E-state index contributed by atoms with van der Waals surface area (Å²) in [6, 6.07) is 0.808. The predicted octanol–water partition coefficient (Wildman–Crippen LogP) is 2.58. The van der Waals surface area contributed by atoms with Gasteiger partial charge in [-0.05, 0) is 54.9 Å². The highest BCUT2D eigenvalue weighted by Crippen LogP contribution is 2.19. The number of likely N-dealkylation sites (tertiary alicyclic amines) is 1. The van der Waals surface area contributed by atoms with E-state index in [1.165, 1.54) is 36.8 Å². The Balaban J connectivity index is 1.76. The van der Waals surface area contributed by atoms with E-state index in [-0.39, 0.29) is 0 Å². The summed E-state index contributed by atoms with van der Waals surface area (Å²) in [6.45, 7) is 3.52. The highest BCUT2D eigenvalue weighted by atomic mass is 79.9. The van der Waals surface area contributed by atoms with E-state index >= 15 is 0 Å². The van der Waals surface area contributed by atoms with E-state index in [1.54, 1.807) is 0 Å². The van der Waals surface area contributed by atoms with Crippen molar-refractivity contribution in [2.45, 2.75) is 25.3 Å². The Morgan fingerprint density at radius 1 is 1.53 bits per heavy atom. The van der Waals surface area contributed by atoms with Gasteiger partial charge in [0.2, 0.25) is 0 Å².